The number of carbonyl (C=O) groups is 2. The Morgan fingerprint density at radius 3 is 2.60 bits per heavy atom. The number of nitrogens with one attached hydrogen (secondary N) is 2. The van der Waals surface area contributed by atoms with E-state index in [1.54, 1.807) is 0 Å². The van der Waals surface area contributed by atoms with E-state index in [0.717, 1.165) is 17.5 Å². The second-order valence-electron chi connectivity index (χ2n) is 4.61. The van der Waals surface area contributed by atoms with Gasteiger partial charge in [0.25, 0.3) is 5.91 Å². The Balaban J connectivity index is 2.33. The second kappa shape index (κ2) is 8.19. The quantitative estimate of drug-likeness (QED) is 0.790. The molecule has 5 heteroatoms. The molecule has 0 bridgehead atoms. The fourth-order valence-corrected chi connectivity index (χ4v) is 1.58. The fraction of sp³-hybridized carbons (Fsp3) is 0.467. The zero-order valence-electron chi connectivity index (χ0n) is 12.3. The average Bonchev–Trinajstić information content (AvgIpc) is 2.44. The lowest BCUT2D eigenvalue weighted by molar-refractivity contribution is -0.127. The molecule has 0 aliphatic rings. The van der Waals surface area contributed by atoms with Crippen LogP contribution < -0.4 is 15.4 Å². The molecule has 0 saturated heterocycles. The lowest BCUT2D eigenvalue weighted by Crippen LogP contribution is -2.39. The maximum absolute atomic E-state index is 11.6. The minimum atomic E-state index is -0.308. The van der Waals surface area contributed by atoms with Crippen LogP contribution in [0.5, 0.6) is 5.75 Å². The molecule has 0 heterocycles. The van der Waals surface area contributed by atoms with Crippen LogP contribution in [-0.2, 0) is 9.59 Å². The number of carbonyl (C=O) groups excluding carboxylic acids is 2. The van der Waals surface area contributed by atoms with Gasteiger partial charge in [0.2, 0.25) is 5.91 Å². The van der Waals surface area contributed by atoms with Gasteiger partial charge in [-0.3, -0.25) is 9.59 Å². The molecule has 0 radical (unpaired) electrons. The summed E-state index contributed by atoms with van der Waals surface area (Å²) in [6, 6.07) is 5.69. The zero-order chi connectivity index (χ0) is 15.0. The van der Waals surface area contributed by atoms with Gasteiger partial charge in [0.05, 0.1) is 6.54 Å². The van der Waals surface area contributed by atoms with E-state index in [-0.39, 0.29) is 25.0 Å². The summed E-state index contributed by atoms with van der Waals surface area (Å²) in [6.07, 6.45) is 0.870. The van der Waals surface area contributed by atoms with Crippen molar-refractivity contribution in [3.05, 3.63) is 29.3 Å². The summed E-state index contributed by atoms with van der Waals surface area (Å²) >= 11 is 0. The van der Waals surface area contributed by atoms with E-state index in [1.807, 2.05) is 39.0 Å². The summed E-state index contributed by atoms with van der Waals surface area (Å²) in [6.45, 7) is 6.41. The van der Waals surface area contributed by atoms with E-state index in [4.69, 9.17) is 4.74 Å². The normalized spacial score (nSPS) is 9.95. The van der Waals surface area contributed by atoms with Crippen molar-refractivity contribution in [2.24, 2.45) is 0 Å². The Labute approximate surface area is 119 Å². The van der Waals surface area contributed by atoms with E-state index >= 15 is 0 Å². The van der Waals surface area contributed by atoms with Gasteiger partial charge in [0.15, 0.2) is 6.61 Å². The molecule has 0 fully saturated rings. The van der Waals surface area contributed by atoms with Gasteiger partial charge in [-0.2, -0.15) is 0 Å². The Kier molecular flexibility index (Phi) is 6.56. The number of amides is 2. The molecular formula is C15H22N2O3. The van der Waals surface area contributed by atoms with Crippen molar-refractivity contribution in [1.29, 1.82) is 0 Å². The minimum absolute atomic E-state index is 0.0189. The van der Waals surface area contributed by atoms with Gasteiger partial charge >= 0.3 is 0 Å². The van der Waals surface area contributed by atoms with Crippen LogP contribution in [0.1, 0.15) is 24.5 Å². The smallest absolute Gasteiger partial charge is 0.258 e. The van der Waals surface area contributed by atoms with Crippen LogP contribution in [0.3, 0.4) is 0 Å². The Bertz CT molecular complexity index is 472. The number of ether oxygens (including phenoxy) is 1. The van der Waals surface area contributed by atoms with Crippen LogP contribution in [0.25, 0.3) is 0 Å². The molecule has 0 spiro atoms. The fourth-order valence-electron chi connectivity index (χ4n) is 1.58. The molecule has 0 aliphatic carbocycles. The monoisotopic (exact) mass is 278 g/mol. The Hall–Kier alpha value is -2.04. The van der Waals surface area contributed by atoms with Gasteiger partial charge in [-0.1, -0.05) is 19.1 Å². The van der Waals surface area contributed by atoms with Crippen molar-refractivity contribution in [3.8, 4) is 5.75 Å². The second-order valence-corrected chi connectivity index (χ2v) is 4.61. The van der Waals surface area contributed by atoms with E-state index < -0.39 is 0 Å². The van der Waals surface area contributed by atoms with Gasteiger partial charge < -0.3 is 15.4 Å². The van der Waals surface area contributed by atoms with E-state index in [0.29, 0.717) is 12.3 Å². The third-order valence-electron chi connectivity index (χ3n) is 2.93. The molecular weight excluding hydrogens is 256 g/mol. The van der Waals surface area contributed by atoms with Gasteiger partial charge in [-0.25, -0.2) is 0 Å². The molecule has 2 amide bonds. The third kappa shape index (κ3) is 5.30. The summed E-state index contributed by atoms with van der Waals surface area (Å²) < 4.78 is 5.45. The first-order chi connectivity index (χ1) is 9.54. The van der Waals surface area contributed by atoms with Crippen molar-refractivity contribution < 1.29 is 14.3 Å². The van der Waals surface area contributed by atoms with Gasteiger partial charge in [-0.15, -0.1) is 0 Å². The zero-order valence-corrected chi connectivity index (χ0v) is 12.3. The van der Waals surface area contributed by atoms with Gasteiger partial charge in [0.1, 0.15) is 5.75 Å². The highest BCUT2D eigenvalue weighted by molar-refractivity contribution is 5.85. The minimum Gasteiger partial charge on any atom is -0.483 e. The summed E-state index contributed by atoms with van der Waals surface area (Å²) in [4.78, 5) is 22.9. The first-order valence-electron chi connectivity index (χ1n) is 6.77. The van der Waals surface area contributed by atoms with Crippen LogP contribution in [0, 0.1) is 13.8 Å². The summed E-state index contributed by atoms with van der Waals surface area (Å²) in [5, 5.41) is 5.20. The summed E-state index contributed by atoms with van der Waals surface area (Å²) in [5.74, 6) is 0.195. The molecule has 0 aliphatic heterocycles. The molecule has 1 aromatic carbocycles. The van der Waals surface area contributed by atoms with Crippen molar-refractivity contribution >= 4 is 11.8 Å². The number of benzene rings is 1. The highest BCUT2D eigenvalue weighted by Gasteiger charge is 2.07. The Morgan fingerprint density at radius 2 is 1.90 bits per heavy atom. The topological polar surface area (TPSA) is 67.4 Å². The summed E-state index contributed by atoms with van der Waals surface area (Å²) in [7, 11) is 0. The average molecular weight is 278 g/mol. The molecule has 20 heavy (non-hydrogen) atoms. The predicted molar refractivity (Wildman–Crippen MR) is 77.7 cm³/mol. The van der Waals surface area contributed by atoms with Crippen LogP contribution in [-0.4, -0.2) is 31.5 Å². The van der Waals surface area contributed by atoms with E-state index in [9.17, 15) is 9.59 Å². The molecule has 110 valence electrons. The molecule has 5 nitrogen and oxygen atoms in total. The van der Waals surface area contributed by atoms with Gasteiger partial charge in [0, 0.05) is 6.54 Å². The van der Waals surface area contributed by atoms with Crippen molar-refractivity contribution in [2.75, 3.05) is 19.7 Å². The van der Waals surface area contributed by atoms with Crippen LogP contribution in [0.2, 0.25) is 0 Å². The summed E-state index contributed by atoms with van der Waals surface area (Å²) in [5.41, 5.74) is 2.13. The third-order valence-corrected chi connectivity index (χ3v) is 2.93. The lowest BCUT2D eigenvalue weighted by atomic mass is 10.1. The van der Waals surface area contributed by atoms with E-state index in [1.165, 1.54) is 0 Å². The Morgan fingerprint density at radius 1 is 1.15 bits per heavy atom. The molecule has 0 unspecified atom stereocenters. The van der Waals surface area contributed by atoms with Crippen LogP contribution in [0.4, 0.5) is 0 Å². The highest BCUT2D eigenvalue weighted by atomic mass is 16.5. The SMILES string of the molecule is CCCNC(=O)CNC(=O)COc1cccc(C)c1C. The van der Waals surface area contributed by atoms with Gasteiger partial charge in [-0.05, 0) is 37.5 Å². The standard InChI is InChI=1S/C15H22N2O3/c1-4-8-16-14(18)9-17-15(19)10-20-13-7-5-6-11(2)12(13)3/h5-7H,4,8-10H2,1-3H3,(H,16,18)(H,17,19). The predicted octanol–water partition coefficient (Wildman–Crippen LogP) is 1.32. The number of aryl methyl sites for hydroxylation is 1. The molecule has 0 aromatic heterocycles. The largest absolute Gasteiger partial charge is 0.483 e. The first-order valence-corrected chi connectivity index (χ1v) is 6.77. The maximum atomic E-state index is 11.6. The van der Waals surface area contributed by atoms with Crippen molar-refractivity contribution in [1.82, 2.24) is 10.6 Å². The number of hydrogen-bond acceptors (Lipinski definition) is 3. The van der Waals surface area contributed by atoms with Crippen molar-refractivity contribution in [2.45, 2.75) is 27.2 Å². The first kappa shape index (κ1) is 16.0. The van der Waals surface area contributed by atoms with Crippen LogP contribution >= 0.6 is 0 Å². The number of hydrogen-bond donors (Lipinski definition) is 2. The van der Waals surface area contributed by atoms with Crippen LogP contribution in [0.15, 0.2) is 18.2 Å². The molecule has 2 N–H and O–H groups in total. The van der Waals surface area contributed by atoms with Crippen molar-refractivity contribution in [3.63, 3.8) is 0 Å². The molecule has 1 rings (SSSR count). The highest BCUT2D eigenvalue weighted by Crippen LogP contribution is 2.20. The molecule has 0 saturated carbocycles. The number of rotatable bonds is 7. The molecule has 0 atom stereocenters. The molecule has 1 aromatic rings. The van der Waals surface area contributed by atoms with E-state index in [2.05, 4.69) is 10.6 Å². The maximum Gasteiger partial charge on any atom is 0.258 e. The lowest BCUT2D eigenvalue weighted by Gasteiger charge is -2.11.